The third-order valence-corrected chi connectivity index (χ3v) is 3.28. The Kier molecular flexibility index (Phi) is 4.85. The average molecular weight is 276 g/mol. The molecule has 0 radical (unpaired) electrons. The molecule has 0 aliphatic carbocycles. The van der Waals surface area contributed by atoms with Crippen LogP contribution in [0, 0.1) is 18.6 Å². The van der Waals surface area contributed by atoms with E-state index in [9.17, 15) is 13.9 Å². The summed E-state index contributed by atoms with van der Waals surface area (Å²) in [4.78, 5) is 0. The summed E-state index contributed by atoms with van der Waals surface area (Å²) in [6.07, 6.45) is 0.985. The van der Waals surface area contributed by atoms with Gasteiger partial charge in [0.15, 0.2) is 0 Å². The fourth-order valence-corrected chi connectivity index (χ4v) is 2.19. The molecule has 3 heteroatoms. The fourth-order valence-electron chi connectivity index (χ4n) is 2.19. The molecule has 1 atom stereocenters. The number of aliphatic hydroxyl groups is 1. The lowest BCUT2D eigenvalue weighted by molar-refractivity contribution is 0.165. The van der Waals surface area contributed by atoms with Crippen LogP contribution in [0.4, 0.5) is 8.78 Å². The minimum atomic E-state index is -0.606. The quantitative estimate of drug-likeness (QED) is 0.880. The first-order chi connectivity index (χ1) is 9.52. The highest BCUT2D eigenvalue weighted by Crippen LogP contribution is 2.13. The molecule has 0 aromatic heterocycles. The average Bonchev–Trinajstić information content (AvgIpc) is 2.37. The molecule has 0 heterocycles. The third kappa shape index (κ3) is 4.42. The number of benzene rings is 2. The van der Waals surface area contributed by atoms with Crippen molar-refractivity contribution in [3.63, 3.8) is 0 Å². The number of aryl methyl sites for hydroxylation is 2. The molecule has 2 aromatic rings. The zero-order chi connectivity index (χ0) is 14.5. The molecule has 1 nitrogen and oxygen atoms in total. The number of rotatable bonds is 5. The van der Waals surface area contributed by atoms with Gasteiger partial charge >= 0.3 is 0 Å². The van der Waals surface area contributed by atoms with E-state index in [0.29, 0.717) is 12.0 Å². The normalized spacial score (nSPS) is 12.4. The summed E-state index contributed by atoms with van der Waals surface area (Å²) in [7, 11) is 0. The molecule has 0 saturated carbocycles. The zero-order valence-electron chi connectivity index (χ0n) is 11.4. The summed E-state index contributed by atoms with van der Waals surface area (Å²) in [6.45, 7) is 2.02. The van der Waals surface area contributed by atoms with Crippen molar-refractivity contribution in [1.29, 1.82) is 0 Å². The van der Waals surface area contributed by atoms with E-state index in [4.69, 9.17) is 0 Å². The van der Waals surface area contributed by atoms with Crippen molar-refractivity contribution in [2.24, 2.45) is 0 Å². The second-order valence-electron chi connectivity index (χ2n) is 5.16. The fraction of sp³-hybridized carbons (Fsp3) is 0.294. The van der Waals surface area contributed by atoms with Crippen molar-refractivity contribution in [2.75, 3.05) is 0 Å². The van der Waals surface area contributed by atoms with Crippen molar-refractivity contribution in [3.8, 4) is 0 Å². The SMILES string of the molecule is Cc1ccc(CCC(O)Cc2cc(F)cc(F)c2)cc1. The van der Waals surface area contributed by atoms with Crippen LogP contribution in [0.5, 0.6) is 0 Å². The smallest absolute Gasteiger partial charge is 0.126 e. The minimum Gasteiger partial charge on any atom is -0.393 e. The molecule has 0 bridgehead atoms. The second kappa shape index (κ2) is 6.62. The molecular formula is C17H18F2O. The molecule has 0 spiro atoms. The van der Waals surface area contributed by atoms with Crippen LogP contribution in [0.3, 0.4) is 0 Å². The predicted molar refractivity (Wildman–Crippen MR) is 75.6 cm³/mol. The van der Waals surface area contributed by atoms with Crippen LogP contribution < -0.4 is 0 Å². The highest BCUT2D eigenvalue weighted by Gasteiger charge is 2.08. The highest BCUT2D eigenvalue weighted by molar-refractivity contribution is 5.22. The lowest BCUT2D eigenvalue weighted by Crippen LogP contribution is -2.12. The maximum absolute atomic E-state index is 13.0. The number of hydrogen-bond acceptors (Lipinski definition) is 1. The predicted octanol–water partition coefficient (Wildman–Crippen LogP) is 3.81. The van der Waals surface area contributed by atoms with Crippen LogP contribution in [-0.4, -0.2) is 11.2 Å². The molecule has 20 heavy (non-hydrogen) atoms. The second-order valence-corrected chi connectivity index (χ2v) is 5.16. The lowest BCUT2D eigenvalue weighted by atomic mass is 10.0. The van der Waals surface area contributed by atoms with Crippen LogP contribution in [0.2, 0.25) is 0 Å². The summed E-state index contributed by atoms with van der Waals surface area (Å²) < 4.78 is 26.1. The van der Waals surface area contributed by atoms with Crippen LogP contribution in [0.15, 0.2) is 42.5 Å². The Labute approximate surface area is 117 Å². The van der Waals surface area contributed by atoms with Crippen molar-refractivity contribution in [1.82, 2.24) is 0 Å². The molecule has 2 aromatic carbocycles. The van der Waals surface area contributed by atoms with Gasteiger partial charge < -0.3 is 5.11 Å². The molecule has 0 saturated heterocycles. The van der Waals surface area contributed by atoms with Crippen molar-refractivity contribution < 1.29 is 13.9 Å². The van der Waals surface area contributed by atoms with E-state index >= 15 is 0 Å². The standard InChI is InChI=1S/C17H18F2O/c1-12-2-4-13(5-3-12)6-7-17(20)10-14-8-15(18)11-16(19)9-14/h2-5,8-9,11,17,20H,6-7,10H2,1H3. The molecule has 0 amide bonds. The Bertz CT molecular complexity index is 543. The van der Waals surface area contributed by atoms with E-state index in [-0.39, 0.29) is 6.42 Å². The van der Waals surface area contributed by atoms with Gasteiger partial charge in [-0.15, -0.1) is 0 Å². The summed E-state index contributed by atoms with van der Waals surface area (Å²) in [5, 5.41) is 9.96. The van der Waals surface area contributed by atoms with Crippen molar-refractivity contribution in [3.05, 3.63) is 70.8 Å². The summed E-state index contributed by atoms with van der Waals surface area (Å²) in [5.74, 6) is -1.21. The molecule has 2 rings (SSSR count). The minimum absolute atomic E-state index is 0.264. The molecule has 0 aliphatic heterocycles. The van der Waals surface area contributed by atoms with Gasteiger partial charge in [0, 0.05) is 6.07 Å². The number of halogens is 2. The highest BCUT2D eigenvalue weighted by atomic mass is 19.1. The van der Waals surface area contributed by atoms with Crippen LogP contribution in [0.1, 0.15) is 23.1 Å². The third-order valence-electron chi connectivity index (χ3n) is 3.28. The van der Waals surface area contributed by atoms with Gasteiger partial charge in [-0.3, -0.25) is 0 Å². The van der Waals surface area contributed by atoms with Crippen LogP contribution in [0.25, 0.3) is 0 Å². The molecule has 1 unspecified atom stereocenters. The number of aliphatic hydroxyl groups excluding tert-OH is 1. The largest absolute Gasteiger partial charge is 0.393 e. The van der Waals surface area contributed by atoms with Gasteiger partial charge in [0.1, 0.15) is 11.6 Å². The van der Waals surface area contributed by atoms with Gasteiger partial charge in [0.25, 0.3) is 0 Å². The van der Waals surface area contributed by atoms with Crippen LogP contribution in [-0.2, 0) is 12.8 Å². The summed E-state index contributed by atoms with van der Waals surface area (Å²) in [6, 6.07) is 11.5. The van der Waals surface area contributed by atoms with E-state index in [1.807, 2.05) is 31.2 Å². The zero-order valence-corrected chi connectivity index (χ0v) is 11.4. The van der Waals surface area contributed by atoms with Gasteiger partial charge in [0.2, 0.25) is 0 Å². The van der Waals surface area contributed by atoms with E-state index < -0.39 is 17.7 Å². The maximum atomic E-state index is 13.0. The monoisotopic (exact) mass is 276 g/mol. The Balaban J connectivity index is 1.88. The molecule has 0 fully saturated rings. The van der Waals surface area contributed by atoms with Gasteiger partial charge in [-0.05, 0) is 49.4 Å². The Morgan fingerprint density at radius 1 is 0.950 bits per heavy atom. The first-order valence-electron chi connectivity index (χ1n) is 6.71. The van der Waals surface area contributed by atoms with Gasteiger partial charge in [-0.1, -0.05) is 29.8 Å². The molecular weight excluding hydrogens is 258 g/mol. The maximum Gasteiger partial charge on any atom is 0.126 e. The topological polar surface area (TPSA) is 20.2 Å². The number of hydrogen-bond donors (Lipinski definition) is 1. The first-order valence-corrected chi connectivity index (χ1v) is 6.71. The molecule has 1 N–H and O–H groups in total. The molecule has 0 aliphatic rings. The van der Waals surface area contributed by atoms with E-state index in [2.05, 4.69) is 0 Å². The van der Waals surface area contributed by atoms with E-state index in [1.165, 1.54) is 17.7 Å². The summed E-state index contributed by atoms with van der Waals surface area (Å²) >= 11 is 0. The van der Waals surface area contributed by atoms with Gasteiger partial charge in [-0.25, -0.2) is 8.78 Å². The molecule has 106 valence electrons. The van der Waals surface area contributed by atoms with E-state index in [1.54, 1.807) is 0 Å². The summed E-state index contributed by atoms with van der Waals surface area (Å²) in [5.41, 5.74) is 2.84. The first kappa shape index (κ1) is 14.7. The van der Waals surface area contributed by atoms with Gasteiger partial charge in [0.05, 0.1) is 6.10 Å². The van der Waals surface area contributed by atoms with Crippen molar-refractivity contribution >= 4 is 0 Å². The Hall–Kier alpha value is -1.74. The van der Waals surface area contributed by atoms with E-state index in [0.717, 1.165) is 18.1 Å². The van der Waals surface area contributed by atoms with Crippen molar-refractivity contribution in [2.45, 2.75) is 32.3 Å². The Morgan fingerprint density at radius 2 is 1.55 bits per heavy atom. The van der Waals surface area contributed by atoms with Gasteiger partial charge in [-0.2, -0.15) is 0 Å². The van der Waals surface area contributed by atoms with Crippen LogP contribution >= 0.6 is 0 Å². The Morgan fingerprint density at radius 3 is 2.15 bits per heavy atom. The lowest BCUT2D eigenvalue weighted by Gasteiger charge is -2.11.